The standard InChI is InChI=1S/C25H30N6O6/c26-15-7-8-30(14-15)22(34)6-5-21(33)29-11-9-28(10-12-29)16-1-2-17-18(13-16)25(37)31(24(17)36)19-3-4-20(32)27-23(19)35/h1-2,13,15,19H,3-12,14,26H2,(H,27,32,35)/t15-,19?/m0/s1. The van der Waals surface area contributed by atoms with Gasteiger partial charge in [-0.3, -0.25) is 39.0 Å². The van der Waals surface area contributed by atoms with Gasteiger partial charge in [-0.25, -0.2) is 0 Å². The molecular weight excluding hydrogens is 480 g/mol. The number of nitrogens with two attached hydrogens (primary N) is 1. The molecule has 0 radical (unpaired) electrons. The highest BCUT2D eigenvalue weighted by molar-refractivity contribution is 6.23. The summed E-state index contributed by atoms with van der Waals surface area (Å²) in [6.45, 7) is 3.23. The van der Waals surface area contributed by atoms with Gasteiger partial charge in [-0.05, 0) is 31.0 Å². The Kier molecular flexibility index (Phi) is 6.67. The molecule has 4 aliphatic heterocycles. The molecule has 1 aromatic rings. The van der Waals surface area contributed by atoms with Crippen molar-refractivity contribution < 1.29 is 28.8 Å². The van der Waals surface area contributed by atoms with Gasteiger partial charge in [0, 0.05) is 70.3 Å². The van der Waals surface area contributed by atoms with Gasteiger partial charge in [0.1, 0.15) is 6.04 Å². The monoisotopic (exact) mass is 510 g/mol. The molecule has 37 heavy (non-hydrogen) atoms. The summed E-state index contributed by atoms with van der Waals surface area (Å²) in [5.74, 6) is -2.25. The number of hydrogen-bond donors (Lipinski definition) is 2. The van der Waals surface area contributed by atoms with Crippen LogP contribution < -0.4 is 16.0 Å². The summed E-state index contributed by atoms with van der Waals surface area (Å²) in [4.78, 5) is 81.1. The van der Waals surface area contributed by atoms with Crippen LogP contribution in [0.5, 0.6) is 0 Å². The second-order valence-electron chi connectivity index (χ2n) is 9.93. The van der Waals surface area contributed by atoms with Crippen LogP contribution in [0.4, 0.5) is 5.69 Å². The highest BCUT2D eigenvalue weighted by Crippen LogP contribution is 2.31. The van der Waals surface area contributed by atoms with Crippen molar-refractivity contribution in [2.45, 2.75) is 44.2 Å². The number of carbonyl (C=O) groups is 6. The van der Waals surface area contributed by atoms with Gasteiger partial charge in [-0.15, -0.1) is 0 Å². The molecule has 0 spiro atoms. The molecule has 1 unspecified atom stereocenters. The van der Waals surface area contributed by atoms with Crippen LogP contribution in [0.15, 0.2) is 18.2 Å². The summed E-state index contributed by atoms with van der Waals surface area (Å²) < 4.78 is 0. The molecular formula is C25H30N6O6. The lowest BCUT2D eigenvalue weighted by Gasteiger charge is -2.36. The second kappa shape index (κ2) is 9.92. The fourth-order valence-corrected chi connectivity index (χ4v) is 5.41. The number of piperazine rings is 1. The van der Waals surface area contributed by atoms with E-state index in [1.807, 2.05) is 4.90 Å². The lowest BCUT2D eigenvalue weighted by atomic mass is 10.0. The third-order valence-corrected chi connectivity index (χ3v) is 7.55. The molecule has 3 saturated heterocycles. The maximum Gasteiger partial charge on any atom is 0.262 e. The second-order valence-corrected chi connectivity index (χ2v) is 9.93. The Labute approximate surface area is 213 Å². The molecule has 0 aromatic heterocycles. The van der Waals surface area contributed by atoms with Crippen molar-refractivity contribution in [1.29, 1.82) is 0 Å². The Morgan fingerprint density at radius 2 is 1.54 bits per heavy atom. The molecule has 0 bridgehead atoms. The number of benzene rings is 1. The maximum absolute atomic E-state index is 13.1. The predicted molar refractivity (Wildman–Crippen MR) is 130 cm³/mol. The summed E-state index contributed by atoms with van der Waals surface area (Å²) >= 11 is 0. The first-order valence-corrected chi connectivity index (χ1v) is 12.6. The van der Waals surface area contributed by atoms with Crippen LogP contribution in [0, 0.1) is 0 Å². The lowest BCUT2D eigenvalue weighted by molar-refractivity contribution is -0.136. The largest absolute Gasteiger partial charge is 0.368 e. The van der Waals surface area contributed by atoms with Crippen molar-refractivity contribution in [3.05, 3.63) is 29.3 Å². The van der Waals surface area contributed by atoms with Crippen LogP contribution in [0.1, 0.15) is 52.8 Å². The van der Waals surface area contributed by atoms with Crippen molar-refractivity contribution in [2.75, 3.05) is 44.2 Å². The van der Waals surface area contributed by atoms with Gasteiger partial charge in [0.25, 0.3) is 11.8 Å². The number of piperidine rings is 1. The summed E-state index contributed by atoms with van der Waals surface area (Å²) in [5.41, 5.74) is 7.06. The van der Waals surface area contributed by atoms with E-state index in [0.717, 1.165) is 17.0 Å². The third-order valence-electron chi connectivity index (χ3n) is 7.55. The Morgan fingerprint density at radius 1 is 0.865 bits per heavy atom. The van der Waals surface area contributed by atoms with Gasteiger partial charge in [-0.2, -0.15) is 0 Å². The minimum Gasteiger partial charge on any atom is -0.368 e. The molecule has 6 amide bonds. The molecule has 3 N–H and O–H groups in total. The van der Waals surface area contributed by atoms with Crippen LogP contribution in [0.2, 0.25) is 0 Å². The summed E-state index contributed by atoms with van der Waals surface area (Å²) in [5, 5.41) is 2.19. The minimum absolute atomic E-state index is 0.0147. The van der Waals surface area contributed by atoms with E-state index in [9.17, 15) is 28.8 Å². The smallest absolute Gasteiger partial charge is 0.262 e. The number of rotatable bonds is 5. The molecule has 2 atom stereocenters. The van der Waals surface area contributed by atoms with Gasteiger partial charge in [0.15, 0.2) is 0 Å². The van der Waals surface area contributed by atoms with Crippen LogP contribution in [0.3, 0.4) is 0 Å². The van der Waals surface area contributed by atoms with Crippen molar-refractivity contribution in [1.82, 2.24) is 20.0 Å². The van der Waals surface area contributed by atoms with Gasteiger partial charge in [0.2, 0.25) is 23.6 Å². The predicted octanol–water partition coefficient (Wildman–Crippen LogP) is -0.924. The van der Waals surface area contributed by atoms with E-state index in [2.05, 4.69) is 5.32 Å². The zero-order valence-electron chi connectivity index (χ0n) is 20.5. The third kappa shape index (κ3) is 4.80. The van der Waals surface area contributed by atoms with Gasteiger partial charge < -0.3 is 20.4 Å². The van der Waals surface area contributed by atoms with Crippen molar-refractivity contribution in [3.63, 3.8) is 0 Å². The first-order chi connectivity index (χ1) is 17.7. The van der Waals surface area contributed by atoms with E-state index in [1.54, 1.807) is 28.0 Å². The Balaban J connectivity index is 1.17. The first-order valence-electron chi connectivity index (χ1n) is 12.6. The number of fused-ring (bicyclic) bond motifs is 1. The van der Waals surface area contributed by atoms with Gasteiger partial charge in [-0.1, -0.05) is 0 Å². The van der Waals surface area contributed by atoms with Crippen molar-refractivity contribution in [2.24, 2.45) is 5.73 Å². The Morgan fingerprint density at radius 3 is 2.19 bits per heavy atom. The van der Waals surface area contributed by atoms with E-state index in [0.29, 0.717) is 39.3 Å². The van der Waals surface area contributed by atoms with E-state index in [-0.39, 0.29) is 54.7 Å². The van der Waals surface area contributed by atoms with Crippen LogP contribution in [-0.2, 0) is 19.2 Å². The number of nitrogens with zero attached hydrogens (tertiary/aromatic N) is 4. The van der Waals surface area contributed by atoms with Crippen molar-refractivity contribution >= 4 is 41.1 Å². The molecule has 4 heterocycles. The normalized spacial score (nSPS) is 24.0. The molecule has 12 nitrogen and oxygen atoms in total. The maximum atomic E-state index is 13.1. The average Bonchev–Trinajstić information content (AvgIpc) is 3.43. The van der Waals surface area contributed by atoms with Crippen LogP contribution in [-0.4, -0.2) is 101 Å². The first kappa shape index (κ1) is 24.9. The molecule has 3 fully saturated rings. The Hall–Kier alpha value is -3.80. The SMILES string of the molecule is N[C@H]1CCN(C(=O)CCC(=O)N2CCN(c3ccc4c(c3)C(=O)N(C3CCC(=O)NC3=O)C4=O)CC2)C1. The topological polar surface area (TPSA) is 153 Å². The Bertz CT molecular complexity index is 1180. The molecule has 196 valence electrons. The minimum atomic E-state index is -1.00. The number of likely N-dealkylation sites (tertiary alicyclic amines) is 1. The fraction of sp³-hybridized carbons (Fsp3) is 0.520. The molecule has 5 rings (SSSR count). The van der Waals surface area contributed by atoms with Gasteiger partial charge in [0.05, 0.1) is 11.1 Å². The van der Waals surface area contributed by atoms with E-state index >= 15 is 0 Å². The summed E-state index contributed by atoms with van der Waals surface area (Å²) in [7, 11) is 0. The number of carbonyl (C=O) groups excluding carboxylic acids is 6. The molecule has 0 saturated carbocycles. The molecule has 4 aliphatic rings. The quantitative estimate of drug-likeness (QED) is 0.482. The number of amides is 6. The zero-order valence-corrected chi connectivity index (χ0v) is 20.5. The number of nitrogens with one attached hydrogen (secondary N) is 1. The van der Waals surface area contributed by atoms with Crippen LogP contribution in [0.25, 0.3) is 0 Å². The summed E-state index contributed by atoms with van der Waals surface area (Å²) in [6.07, 6.45) is 1.31. The van der Waals surface area contributed by atoms with E-state index in [4.69, 9.17) is 5.73 Å². The van der Waals surface area contributed by atoms with Crippen molar-refractivity contribution in [3.8, 4) is 0 Å². The van der Waals surface area contributed by atoms with Crippen LogP contribution >= 0.6 is 0 Å². The van der Waals surface area contributed by atoms with Gasteiger partial charge >= 0.3 is 0 Å². The van der Waals surface area contributed by atoms with E-state index in [1.165, 1.54) is 0 Å². The lowest BCUT2D eigenvalue weighted by Crippen LogP contribution is -2.54. The molecule has 0 aliphatic carbocycles. The number of imide groups is 2. The zero-order chi connectivity index (χ0) is 26.3. The highest BCUT2D eigenvalue weighted by Gasteiger charge is 2.44. The summed E-state index contributed by atoms with van der Waals surface area (Å²) in [6, 6.07) is 4.01. The fourth-order valence-electron chi connectivity index (χ4n) is 5.41. The van der Waals surface area contributed by atoms with E-state index < -0.39 is 29.7 Å². The molecule has 1 aromatic carbocycles. The number of anilines is 1. The highest BCUT2D eigenvalue weighted by atomic mass is 16.2. The molecule has 12 heteroatoms. The number of hydrogen-bond acceptors (Lipinski definition) is 8. The average molecular weight is 511 g/mol.